The fourth-order valence-electron chi connectivity index (χ4n) is 3.72. The minimum absolute atomic E-state index is 0.0343. The molecule has 0 radical (unpaired) electrons. The van der Waals surface area contributed by atoms with Gasteiger partial charge in [0.25, 0.3) is 5.91 Å². The Kier molecular flexibility index (Phi) is 3.90. The van der Waals surface area contributed by atoms with E-state index in [9.17, 15) is 18.8 Å². The lowest BCUT2D eigenvalue weighted by Crippen LogP contribution is -2.69. The normalized spacial score (nSPS) is 26.7. The maximum atomic E-state index is 13.6. The van der Waals surface area contributed by atoms with E-state index < -0.39 is 22.6 Å². The van der Waals surface area contributed by atoms with Gasteiger partial charge in [0.15, 0.2) is 0 Å². The highest BCUT2D eigenvalue weighted by molar-refractivity contribution is 9.10. The van der Waals surface area contributed by atoms with Crippen LogP contribution in [0, 0.1) is 16.6 Å². The molecular weight excluding hydrogens is 383 g/mol. The third kappa shape index (κ3) is 2.31. The van der Waals surface area contributed by atoms with Gasteiger partial charge in [0.2, 0.25) is 5.91 Å². The fraction of sp³-hybridized carbons (Fsp3) is 0.438. The van der Waals surface area contributed by atoms with Crippen LogP contribution >= 0.6 is 15.9 Å². The standard InChI is InChI=1S/C16H16BrFN2O4/c1-19-12(21)9-3-8(18)4-10(17)11(9)20-13(22)15-5-16(6-15,7-15)14(23)24-2/h3-4H,5-7H2,1-2H3,(H,19,21)(H,20,22). The molecule has 1 aromatic carbocycles. The van der Waals surface area contributed by atoms with Crippen molar-refractivity contribution in [3.8, 4) is 0 Å². The maximum Gasteiger partial charge on any atom is 0.311 e. The summed E-state index contributed by atoms with van der Waals surface area (Å²) in [6.45, 7) is 0. The van der Waals surface area contributed by atoms with Crippen molar-refractivity contribution >= 4 is 39.4 Å². The van der Waals surface area contributed by atoms with Gasteiger partial charge in [-0.25, -0.2) is 4.39 Å². The molecule has 3 fully saturated rings. The van der Waals surface area contributed by atoms with Gasteiger partial charge in [-0.3, -0.25) is 14.4 Å². The summed E-state index contributed by atoms with van der Waals surface area (Å²) in [5.41, 5.74) is -0.887. The predicted molar refractivity (Wildman–Crippen MR) is 86.9 cm³/mol. The van der Waals surface area contributed by atoms with Gasteiger partial charge in [0, 0.05) is 11.5 Å². The zero-order valence-electron chi connectivity index (χ0n) is 13.2. The van der Waals surface area contributed by atoms with Crippen molar-refractivity contribution in [2.24, 2.45) is 10.8 Å². The van der Waals surface area contributed by atoms with E-state index in [1.54, 1.807) is 0 Å². The van der Waals surface area contributed by atoms with Gasteiger partial charge in [-0.1, -0.05) is 0 Å². The van der Waals surface area contributed by atoms with Gasteiger partial charge >= 0.3 is 5.97 Å². The SMILES string of the molecule is CNC(=O)c1cc(F)cc(Br)c1NC(=O)C12CC(C(=O)OC)(C1)C2. The predicted octanol–water partition coefficient (Wildman–Crippen LogP) is 2.23. The fourth-order valence-corrected chi connectivity index (χ4v) is 4.25. The third-order valence-corrected chi connectivity index (χ3v) is 5.52. The highest BCUT2D eigenvalue weighted by atomic mass is 79.9. The van der Waals surface area contributed by atoms with E-state index in [1.807, 2.05) is 0 Å². The lowest BCUT2D eigenvalue weighted by Gasteiger charge is -2.66. The first kappa shape index (κ1) is 16.9. The zero-order valence-corrected chi connectivity index (χ0v) is 14.8. The first-order valence-corrected chi connectivity index (χ1v) is 8.17. The monoisotopic (exact) mass is 398 g/mol. The van der Waals surface area contributed by atoms with Gasteiger partial charge in [-0.15, -0.1) is 0 Å². The minimum Gasteiger partial charge on any atom is -0.469 e. The number of esters is 1. The van der Waals surface area contributed by atoms with Crippen LogP contribution in [-0.4, -0.2) is 31.9 Å². The summed E-state index contributed by atoms with van der Waals surface area (Å²) < 4.78 is 18.6. The van der Waals surface area contributed by atoms with E-state index in [4.69, 9.17) is 4.74 Å². The quantitative estimate of drug-likeness (QED) is 0.761. The largest absolute Gasteiger partial charge is 0.469 e. The number of carbonyl (C=O) groups is 3. The van der Waals surface area contributed by atoms with Crippen molar-refractivity contribution in [1.29, 1.82) is 0 Å². The first-order valence-electron chi connectivity index (χ1n) is 7.38. The number of methoxy groups -OCH3 is 1. The zero-order chi connectivity index (χ0) is 17.7. The van der Waals surface area contributed by atoms with Crippen LogP contribution in [-0.2, 0) is 14.3 Å². The number of rotatable bonds is 4. The van der Waals surface area contributed by atoms with Gasteiger partial charge < -0.3 is 15.4 Å². The number of nitrogens with one attached hydrogen (secondary N) is 2. The molecule has 0 aliphatic heterocycles. The summed E-state index contributed by atoms with van der Waals surface area (Å²) >= 11 is 3.18. The Morgan fingerprint density at radius 3 is 2.38 bits per heavy atom. The van der Waals surface area contributed by atoms with Crippen molar-refractivity contribution in [1.82, 2.24) is 5.32 Å². The number of amides is 2. The second kappa shape index (κ2) is 5.54. The van der Waals surface area contributed by atoms with E-state index in [0.717, 1.165) is 6.07 Å². The molecular formula is C16H16BrFN2O4. The summed E-state index contributed by atoms with van der Waals surface area (Å²) in [7, 11) is 2.76. The minimum atomic E-state index is -0.609. The number of halogens is 2. The van der Waals surface area contributed by atoms with Crippen molar-refractivity contribution in [3.05, 3.63) is 28.0 Å². The molecule has 24 heavy (non-hydrogen) atoms. The van der Waals surface area contributed by atoms with Crippen LogP contribution in [0.5, 0.6) is 0 Å². The number of benzene rings is 1. The van der Waals surface area contributed by atoms with Gasteiger partial charge in [-0.05, 0) is 47.3 Å². The average molecular weight is 399 g/mol. The van der Waals surface area contributed by atoms with Crippen LogP contribution < -0.4 is 10.6 Å². The van der Waals surface area contributed by atoms with Crippen molar-refractivity contribution in [2.75, 3.05) is 19.5 Å². The Hall–Kier alpha value is -1.96. The van der Waals surface area contributed by atoms with Crippen molar-refractivity contribution < 1.29 is 23.5 Å². The van der Waals surface area contributed by atoms with Crippen LogP contribution in [0.3, 0.4) is 0 Å². The Morgan fingerprint density at radius 1 is 1.21 bits per heavy atom. The van der Waals surface area contributed by atoms with Crippen LogP contribution in [0.15, 0.2) is 16.6 Å². The molecule has 0 aromatic heterocycles. The molecule has 3 aliphatic rings. The van der Waals surface area contributed by atoms with E-state index in [0.29, 0.717) is 19.3 Å². The Bertz CT molecular complexity index is 745. The molecule has 0 heterocycles. The summed E-state index contributed by atoms with van der Waals surface area (Å²) in [6.07, 6.45) is 1.31. The van der Waals surface area contributed by atoms with E-state index in [1.165, 1.54) is 20.2 Å². The smallest absolute Gasteiger partial charge is 0.311 e. The number of hydrogen-bond donors (Lipinski definition) is 2. The van der Waals surface area contributed by atoms with E-state index >= 15 is 0 Å². The number of hydrogen-bond acceptors (Lipinski definition) is 4. The topological polar surface area (TPSA) is 84.5 Å². The summed E-state index contributed by atoms with van der Waals surface area (Å²) in [5, 5.41) is 5.13. The van der Waals surface area contributed by atoms with Crippen LogP contribution in [0.4, 0.5) is 10.1 Å². The molecule has 128 valence electrons. The average Bonchev–Trinajstić information content (AvgIpc) is 2.45. The van der Waals surface area contributed by atoms with E-state index in [2.05, 4.69) is 26.6 Å². The molecule has 3 aliphatic carbocycles. The van der Waals surface area contributed by atoms with Crippen LogP contribution in [0.2, 0.25) is 0 Å². The Labute approximate surface area is 146 Å². The van der Waals surface area contributed by atoms with Crippen molar-refractivity contribution in [3.63, 3.8) is 0 Å². The first-order chi connectivity index (χ1) is 11.3. The Morgan fingerprint density at radius 2 is 1.83 bits per heavy atom. The third-order valence-electron chi connectivity index (χ3n) is 4.90. The number of anilines is 1. The lowest BCUT2D eigenvalue weighted by molar-refractivity contribution is -0.220. The molecule has 3 saturated carbocycles. The summed E-state index contributed by atoms with van der Waals surface area (Å²) in [4.78, 5) is 36.2. The van der Waals surface area contributed by atoms with Crippen molar-refractivity contribution in [2.45, 2.75) is 19.3 Å². The number of carbonyl (C=O) groups excluding carboxylic acids is 3. The highest BCUT2D eigenvalue weighted by Crippen LogP contribution is 2.74. The van der Waals surface area contributed by atoms with E-state index in [-0.39, 0.29) is 27.6 Å². The molecule has 0 spiro atoms. The second-order valence-corrected chi connectivity index (χ2v) is 7.28. The molecule has 4 rings (SSSR count). The number of ether oxygens (including phenoxy) is 1. The van der Waals surface area contributed by atoms with Crippen LogP contribution in [0.25, 0.3) is 0 Å². The summed E-state index contributed by atoms with van der Waals surface area (Å²) in [5.74, 6) is -1.65. The lowest BCUT2D eigenvalue weighted by atomic mass is 9.35. The Balaban J connectivity index is 1.80. The molecule has 6 nitrogen and oxygen atoms in total. The van der Waals surface area contributed by atoms with Gasteiger partial charge in [0.05, 0.1) is 29.2 Å². The molecule has 8 heteroatoms. The maximum absolute atomic E-state index is 13.6. The van der Waals surface area contributed by atoms with Crippen LogP contribution in [0.1, 0.15) is 29.6 Å². The molecule has 2 N–H and O–H groups in total. The molecule has 0 atom stereocenters. The molecule has 1 aromatic rings. The second-order valence-electron chi connectivity index (χ2n) is 6.43. The van der Waals surface area contributed by atoms with Gasteiger partial charge in [-0.2, -0.15) is 0 Å². The van der Waals surface area contributed by atoms with Gasteiger partial charge in [0.1, 0.15) is 5.82 Å². The highest BCUT2D eigenvalue weighted by Gasteiger charge is 2.75. The molecule has 0 unspecified atom stereocenters. The summed E-state index contributed by atoms with van der Waals surface area (Å²) in [6, 6.07) is 2.25. The molecule has 2 bridgehead atoms. The molecule has 0 saturated heterocycles. The molecule has 2 amide bonds.